The van der Waals surface area contributed by atoms with Gasteiger partial charge in [0, 0.05) is 6.54 Å². The van der Waals surface area contributed by atoms with Crippen LogP contribution in [-0.4, -0.2) is 37.0 Å². The van der Waals surface area contributed by atoms with Gasteiger partial charge in [-0.15, -0.1) is 0 Å². The molecule has 0 aromatic rings. The lowest BCUT2D eigenvalue weighted by Gasteiger charge is -2.23. The van der Waals surface area contributed by atoms with E-state index in [0.717, 1.165) is 38.4 Å². The Hall–Kier alpha value is -0.570. The fraction of sp³-hybridized carbons (Fsp3) is 0.933. The van der Waals surface area contributed by atoms with Gasteiger partial charge in [-0.05, 0) is 44.7 Å². The minimum Gasteiger partial charge on any atom is -0.355 e. The molecule has 0 heterocycles. The Balaban J connectivity index is 2.17. The van der Waals surface area contributed by atoms with Gasteiger partial charge in [-0.3, -0.25) is 9.69 Å². The lowest BCUT2D eigenvalue weighted by atomic mass is 9.89. The maximum absolute atomic E-state index is 11.9. The third-order valence-corrected chi connectivity index (χ3v) is 3.76. The molecule has 1 rings (SSSR count). The summed E-state index contributed by atoms with van der Waals surface area (Å²) < 4.78 is 0. The molecule has 1 aliphatic rings. The van der Waals surface area contributed by atoms with Gasteiger partial charge >= 0.3 is 0 Å². The molecule has 1 N–H and O–H groups in total. The summed E-state index contributed by atoms with van der Waals surface area (Å²) in [5.74, 6) is 0.941. The molecule has 0 aliphatic heterocycles. The van der Waals surface area contributed by atoms with Crippen molar-refractivity contribution in [1.29, 1.82) is 0 Å². The molecular weight excluding hydrogens is 224 g/mol. The van der Waals surface area contributed by atoms with Crippen molar-refractivity contribution in [3.05, 3.63) is 0 Å². The summed E-state index contributed by atoms with van der Waals surface area (Å²) in [5.41, 5.74) is 0. The standard InChI is InChI=1S/C15H30N2O/c1-3-10-17(11-4-2)13-15(18)16-12-14-8-6-5-7-9-14/h14H,3-13H2,1-2H3,(H,16,18). The maximum Gasteiger partial charge on any atom is 0.234 e. The molecule has 18 heavy (non-hydrogen) atoms. The third-order valence-electron chi connectivity index (χ3n) is 3.76. The van der Waals surface area contributed by atoms with E-state index < -0.39 is 0 Å². The minimum absolute atomic E-state index is 0.211. The molecule has 0 bridgehead atoms. The minimum atomic E-state index is 0.211. The van der Waals surface area contributed by atoms with Crippen molar-refractivity contribution >= 4 is 5.91 Å². The Bertz CT molecular complexity index is 219. The fourth-order valence-corrected chi connectivity index (χ4v) is 2.81. The molecule has 1 fully saturated rings. The highest BCUT2D eigenvalue weighted by Crippen LogP contribution is 2.22. The third kappa shape index (κ3) is 6.39. The Morgan fingerprint density at radius 1 is 1.11 bits per heavy atom. The predicted octanol–water partition coefficient (Wildman–Crippen LogP) is 2.80. The molecular formula is C15H30N2O. The fourth-order valence-electron chi connectivity index (χ4n) is 2.81. The zero-order valence-corrected chi connectivity index (χ0v) is 12.2. The monoisotopic (exact) mass is 254 g/mol. The first-order valence-electron chi connectivity index (χ1n) is 7.75. The molecule has 3 heteroatoms. The number of nitrogens with one attached hydrogen (secondary N) is 1. The molecule has 0 saturated heterocycles. The zero-order chi connectivity index (χ0) is 13.2. The van der Waals surface area contributed by atoms with Crippen molar-refractivity contribution in [3.63, 3.8) is 0 Å². The summed E-state index contributed by atoms with van der Waals surface area (Å²) in [6.07, 6.45) is 8.91. The van der Waals surface area contributed by atoms with Crippen LogP contribution in [0.5, 0.6) is 0 Å². The summed E-state index contributed by atoms with van der Waals surface area (Å²) in [7, 11) is 0. The average Bonchev–Trinajstić information content (AvgIpc) is 2.38. The van der Waals surface area contributed by atoms with Crippen LogP contribution >= 0.6 is 0 Å². The number of rotatable bonds is 8. The first-order chi connectivity index (χ1) is 8.76. The largest absolute Gasteiger partial charge is 0.355 e. The molecule has 1 aliphatic carbocycles. The van der Waals surface area contributed by atoms with Crippen LogP contribution in [-0.2, 0) is 4.79 Å². The van der Waals surface area contributed by atoms with Gasteiger partial charge < -0.3 is 5.32 Å². The van der Waals surface area contributed by atoms with Crippen LogP contribution in [0.3, 0.4) is 0 Å². The van der Waals surface area contributed by atoms with E-state index in [0.29, 0.717) is 6.54 Å². The second-order valence-electron chi connectivity index (χ2n) is 5.58. The van der Waals surface area contributed by atoms with Crippen LogP contribution in [0.15, 0.2) is 0 Å². The number of hydrogen-bond donors (Lipinski definition) is 1. The van der Waals surface area contributed by atoms with Crippen molar-refractivity contribution < 1.29 is 4.79 Å². The highest BCUT2D eigenvalue weighted by molar-refractivity contribution is 5.77. The van der Waals surface area contributed by atoms with Crippen LogP contribution in [0.2, 0.25) is 0 Å². The molecule has 1 saturated carbocycles. The molecule has 0 spiro atoms. The van der Waals surface area contributed by atoms with Gasteiger partial charge in [-0.1, -0.05) is 33.1 Å². The summed E-state index contributed by atoms with van der Waals surface area (Å²) in [6, 6.07) is 0. The van der Waals surface area contributed by atoms with Crippen LogP contribution < -0.4 is 5.32 Å². The van der Waals surface area contributed by atoms with Crippen molar-refractivity contribution in [2.75, 3.05) is 26.2 Å². The van der Waals surface area contributed by atoms with Gasteiger partial charge in [-0.25, -0.2) is 0 Å². The van der Waals surface area contributed by atoms with E-state index >= 15 is 0 Å². The molecule has 0 unspecified atom stereocenters. The first-order valence-corrected chi connectivity index (χ1v) is 7.75. The second kappa shape index (κ2) is 9.37. The Morgan fingerprint density at radius 2 is 1.72 bits per heavy atom. The van der Waals surface area contributed by atoms with E-state index in [9.17, 15) is 4.79 Å². The number of amides is 1. The predicted molar refractivity (Wildman–Crippen MR) is 76.6 cm³/mol. The Morgan fingerprint density at radius 3 is 2.28 bits per heavy atom. The van der Waals surface area contributed by atoms with Gasteiger partial charge in [0.05, 0.1) is 6.54 Å². The summed E-state index contributed by atoms with van der Waals surface area (Å²) in [6.45, 7) is 7.87. The molecule has 106 valence electrons. The van der Waals surface area contributed by atoms with E-state index in [2.05, 4.69) is 24.1 Å². The maximum atomic E-state index is 11.9. The summed E-state index contributed by atoms with van der Waals surface area (Å²) in [5, 5.41) is 3.12. The van der Waals surface area contributed by atoms with Crippen molar-refractivity contribution in [3.8, 4) is 0 Å². The number of carbonyl (C=O) groups is 1. The molecule has 0 atom stereocenters. The van der Waals surface area contributed by atoms with Crippen molar-refractivity contribution in [1.82, 2.24) is 10.2 Å². The zero-order valence-electron chi connectivity index (χ0n) is 12.2. The number of hydrogen-bond acceptors (Lipinski definition) is 2. The summed E-state index contributed by atoms with van der Waals surface area (Å²) in [4.78, 5) is 14.2. The van der Waals surface area contributed by atoms with Gasteiger partial charge in [0.2, 0.25) is 5.91 Å². The lowest BCUT2D eigenvalue weighted by molar-refractivity contribution is -0.122. The van der Waals surface area contributed by atoms with Crippen LogP contribution in [0.25, 0.3) is 0 Å². The quantitative estimate of drug-likeness (QED) is 0.722. The van der Waals surface area contributed by atoms with Crippen LogP contribution in [0, 0.1) is 5.92 Å². The summed E-state index contributed by atoms with van der Waals surface area (Å²) >= 11 is 0. The van der Waals surface area contributed by atoms with E-state index in [4.69, 9.17) is 0 Å². The van der Waals surface area contributed by atoms with Gasteiger partial charge in [0.25, 0.3) is 0 Å². The van der Waals surface area contributed by atoms with E-state index in [1.807, 2.05) is 0 Å². The molecule has 0 radical (unpaired) electrons. The van der Waals surface area contributed by atoms with Gasteiger partial charge in [0.1, 0.15) is 0 Å². The Kier molecular flexibility index (Phi) is 8.06. The lowest BCUT2D eigenvalue weighted by Crippen LogP contribution is -2.40. The highest BCUT2D eigenvalue weighted by atomic mass is 16.2. The normalized spacial score (nSPS) is 17.1. The molecule has 3 nitrogen and oxygen atoms in total. The number of nitrogens with zero attached hydrogens (tertiary/aromatic N) is 1. The molecule has 1 amide bonds. The smallest absolute Gasteiger partial charge is 0.234 e. The highest BCUT2D eigenvalue weighted by Gasteiger charge is 2.15. The van der Waals surface area contributed by atoms with Crippen LogP contribution in [0.4, 0.5) is 0 Å². The second-order valence-corrected chi connectivity index (χ2v) is 5.58. The SMILES string of the molecule is CCCN(CCC)CC(=O)NCC1CCCCC1. The van der Waals surface area contributed by atoms with E-state index in [1.54, 1.807) is 0 Å². The Labute approximate surface area is 112 Å². The number of carbonyl (C=O) groups excluding carboxylic acids is 1. The van der Waals surface area contributed by atoms with Gasteiger partial charge in [-0.2, -0.15) is 0 Å². The average molecular weight is 254 g/mol. The van der Waals surface area contributed by atoms with E-state index in [-0.39, 0.29) is 5.91 Å². The van der Waals surface area contributed by atoms with Crippen molar-refractivity contribution in [2.45, 2.75) is 58.8 Å². The topological polar surface area (TPSA) is 32.3 Å². The molecule has 0 aromatic carbocycles. The molecule has 0 aromatic heterocycles. The van der Waals surface area contributed by atoms with E-state index in [1.165, 1.54) is 32.1 Å². The first kappa shape index (κ1) is 15.5. The van der Waals surface area contributed by atoms with Crippen molar-refractivity contribution in [2.24, 2.45) is 5.92 Å². The van der Waals surface area contributed by atoms with Crippen LogP contribution in [0.1, 0.15) is 58.8 Å². The van der Waals surface area contributed by atoms with Gasteiger partial charge in [0.15, 0.2) is 0 Å².